The van der Waals surface area contributed by atoms with Crippen LogP contribution in [0.1, 0.15) is 43.9 Å². The Morgan fingerprint density at radius 3 is 2.77 bits per heavy atom. The summed E-state index contributed by atoms with van der Waals surface area (Å²) in [5.74, 6) is 0. The molecule has 0 aromatic carbocycles. The molecule has 3 rings (SSSR count). The van der Waals surface area contributed by atoms with Gasteiger partial charge in [0.2, 0.25) is 0 Å². The summed E-state index contributed by atoms with van der Waals surface area (Å²) in [4.78, 5) is 18.6. The number of amides is 2. The highest BCUT2D eigenvalue weighted by Gasteiger charge is 2.54. The van der Waals surface area contributed by atoms with Crippen molar-refractivity contribution < 1.29 is 9.53 Å². The van der Waals surface area contributed by atoms with Crippen LogP contribution in [0.15, 0.2) is 18.3 Å². The van der Waals surface area contributed by atoms with Crippen molar-refractivity contribution in [2.45, 2.75) is 45.1 Å². The molecular weight excluding hydrogens is 328 g/mol. The average molecular weight is 361 g/mol. The number of hydrogen-bond donors (Lipinski definition) is 2. The maximum atomic E-state index is 11.5. The molecule has 1 aromatic heterocycles. The van der Waals surface area contributed by atoms with E-state index in [1.807, 2.05) is 13.8 Å². The van der Waals surface area contributed by atoms with Crippen molar-refractivity contribution in [2.24, 2.45) is 5.41 Å². The summed E-state index contributed by atoms with van der Waals surface area (Å²) in [5.41, 5.74) is 2.70. The first-order valence-electron chi connectivity index (χ1n) is 9.75. The number of rotatable bonds is 8. The molecule has 1 atom stereocenters. The third kappa shape index (κ3) is 4.01. The fourth-order valence-electron chi connectivity index (χ4n) is 4.19. The van der Waals surface area contributed by atoms with E-state index in [4.69, 9.17) is 4.74 Å². The number of pyridine rings is 1. The molecule has 1 saturated heterocycles. The lowest BCUT2D eigenvalue weighted by Crippen LogP contribution is -2.40. The fourth-order valence-corrected chi connectivity index (χ4v) is 4.19. The lowest BCUT2D eigenvalue weighted by atomic mass is 9.84. The number of likely N-dealkylation sites (tertiary alicyclic amines) is 1. The standard InChI is InChI=1S/C20H32N4O2/c1-4-26-15-19(9-11-22-18(25)21-3)10-12-24(14-19)20(7-8-20)17-6-5-16(2)23-13-17/h5-6,13H,4,7-12,14-15H2,1-3H3,(H2,21,22,25)/t19-/m1/s1. The number of hydrogen-bond acceptors (Lipinski definition) is 4. The Labute approximate surface area is 156 Å². The summed E-state index contributed by atoms with van der Waals surface area (Å²) in [6.45, 7) is 8.36. The third-order valence-corrected chi connectivity index (χ3v) is 6.00. The van der Waals surface area contributed by atoms with Crippen molar-refractivity contribution in [1.82, 2.24) is 20.5 Å². The second-order valence-electron chi connectivity index (χ2n) is 7.78. The van der Waals surface area contributed by atoms with Gasteiger partial charge >= 0.3 is 6.03 Å². The molecule has 6 heteroatoms. The van der Waals surface area contributed by atoms with Crippen LogP contribution >= 0.6 is 0 Å². The van der Waals surface area contributed by atoms with Gasteiger partial charge in [-0.2, -0.15) is 0 Å². The van der Waals surface area contributed by atoms with Crippen molar-refractivity contribution in [3.63, 3.8) is 0 Å². The number of aromatic nitrogens is 1. The highest BCUT2D eigenvalue weighted by atomic mass is 16.5. The van der Waals surface area contributed by atoms with Crippen LogP contribution in [-0.2, 0) is 10.3 Å². The maximum absolute atomic E-state index is 11.5. The van der Waals surface area contributed by atoms with Gasteiger partial charge in [-0.05, 0) is 57.7 Å². The van der Waals surface area contributed by atoms with Gasteiger partial charge in [0.05, 0.1) is 6.61 Å². The molecule has 6 nitrogen and oxygen atoms in total. The molecule has 0 unspecified atom stereocenters. The van der Waals surface area contributed by atoms with Crippen LogP contribution in [0.2, 0.25) is 0 Å². The van der Waals surface area contributed by atoms with E-state index in [0.29, 0.717) is 6.54 Å². The van der Waals surface area contributed by atoms with Gasteiger partial charge in [-0.3, -0.25) is 9.88 Å². The van der Waals surface area contributed by atoms with Crippen LogP contribution in [0.4, 0.5) is 4.79 Å². The van der Waals surface area contributed by atoms with Crippen LogP contribution in [0.3, 0.4) is 0 Å². The predicted octanol–water partition coefficient (Wildman–Crippen LogP) is 2.43. The first kappa shape index (κ1) is 19.1. The second-order valence-corrected chi connectivity index (χ2v) is 7.78. The van der Waals surface area contributed by atoms with Gasteiger partial charge < -0.3 is 15.4 Å². The van der Waals surface area contributed by atoms with Gasteiger partial charge in [0.1, 0.15) is 0 Å². The van der Waals surface area contributed by atoms with E-state index in [1.54, 1.807) is 7.05 Å². The monoisotopic (exact) mass is 360 g/mol. The molecule has 2 heterocycles. The minimum atomic E-state index is -0.115. The molecule has 1 saturated carbocycles. The molecule has 2 fully saturated rings. The fraction of sp³-hybridized carbons (Fsp3) is 0.700. The lowest BCUT2D eigenvalue weighted by Gasteiger charge is -2.33. The highest BCUT2D eigenvalue weighted by Crippen LogP contribution is 2.54. The quantitative estimate of drug-likeness (QED) is 0.747. The summed E-state index contributed by atoms with van der Waals surface area (Å²) >= 11 is 0. The molecule has 2 amide bonds. The van der Waals surface area contributed by atoms with Gasteiger partial charge in [-0.15, -0.1) is 0 Å². The van der Waals surface area contributed by atoms with E-state index in [2.05, 4.69) is 38.8 Å². The van der Waals surface area contributed by atoms with Crippen molar-refractivity contribution in [2.75, 3.05) is 39.9 Å². The van der Waals surface area contributed by atoms with Crippen molar-refractivity contribution in [1.29, 1.82) is 0 Å². The van der Waals surface area contributed by atoms with Gasteiger partial charge in [0.25, 0.3) is 0 Å². The number of carbonyl (C=O) groups excluding carboxylic acids is 1. The minimum absolute atomic E-state index is 0.115. The molecule has 0 spiro atoms. The Balaban J connectivity index is 1.67. The van der Waals surface area contributed by atoms with Crippen molar-refractivity contribution >= 4 is 6.03 Å². The van der Waals surface area contributed by atoms with Crippen LogP contribution < -0.4 is 10.6 Å². The number of nitrogens with one attached hydrogen (secondary N) is 2. The van der Waals surface area contributed by atoms with Crippen LogP contribution in [-0.4, -0.2) is 55.8 Å². The molecule has 1 aliphatic carbocycles. The first-order chi connectivity index (χ1) is 12.5. The largest absolute Gasteiger partial charge is 0.381 e. The summed E-state index contributed by atoms with van der Waals surface area (Å²) in [5, 5.41) is 5.55. The molecule has 0 radical (unpaired) electrons. The summed E-state index contributed by atoms with van der Waals surface area (Å²) in [7, 11) is 1.65. The number of carbonyl (C=O) groups is 1. The van der Waals surface area contributed by atoms with E-state index in [1.165, 1.54) is 18.4 Å². The molecule has 2 aliphatic rings. The van der Waals surface area contributed by atoms with Gasteiger partial charge in [-0.25, -0.2) is 4.79 Å². The van der Waals surface area contributed by atoms with Crippen LogP contribution in [0.5, 0.6) is 0 Å². The minimum Gasteiger partial charge on any atom is -0.381 e. The van der Waals surface area contributed by atoms with Crippen LogP contribution in [0, 0.1) is 12.3 Å². The molecule has 0 bridgehead atoms. The molecule has 26 heavy (non-hydrogen) atoms. The lowest BCUT2D eigenvalue weighted by molar-refractivity contribution is 0.0446. The Bertz CT molecular complexity index is 615. The van der Waals surface area contributed by atoms with Crippen molar-refractivity contribution in [3.05, 3.63) is 29.6 Å². The Morgan fingerprint density at radius 2 is 2.15 bits per heavy atom. The van der Waals surface area contributed by atoms with Gasteiger partial charge in [0, 0.05) is 49.6 Å². The third-order valence-electron chi connectivity index (χ3n) is 6.00. The molecule has 2 N–H and O–H groups in total. The van der Waals surface area contributed by atoms with E-state index in [9.17, 15) is 4.79 Å². The van der Waals surface area contributed by atoms with Gasteiger partial charge in [0.15, 0.2) is 0 Å². The van der Waals surface area contributed by atoms with Gasteiger partial charge in [-0.1, -0.05) is 6.07 Å². The zero-order valence-corrected chi connectivity index (χ0v) is 16.3. The van der Waals surface area contributed by atoms with E-state index in [0.717, 1.165) is 44.8 Å². The SMILES string of the molecule is CCOC[C@]1(CCNC(=O)NC)CCN(C2(c3ccc(C)nc3)CC2)C1. The summed E-state index contributed by atoms with van der Waals surface area (Å²) in [6.07, 6.45) is 6.53. The molecular formula is C20H32N4O2. The van der Waals surface area contributed by atoms with E-state index >= 15 is 0 Å². The van der Waals surface area contributed by atoms with E-state index < -0.39 is 0 Å². The Hall–Kier alpha value is -1.66. The number of nitrogens with zero attached hydrogens (tertiary/aromatic N) is 2. The average Bonchev–Trinajstić information content (AvgIpc) is 3.35. The zero-order chi connectivity index (χ0) is 18.6. The van der Waals surface area contributed by atoms with Crippen molar-refractivity contribution in [3.8, 4) is 0 Å². The first-order valence-corrected chi connectivity index (χ1v) is 9.75. The summed E-state index contributed by atoms with van der Waals surface area (Å²) in [6, 6.07) is 4.24. The smallest absolute Gasteiger partial charge is 0.314 e. The number of aryl methyl sites for hydroxylation is 1. The number of ether oxygens (including phenoxy) is 1. The molecule has 144 valence electrons. The summed E-state index contributed by atoms with van der Waals surface area (Å²) < 4.78 is 5.84. The molecule has 1 aromatic rings. The maximum Gasteiger partial charge on any atom is 0.314 e. The van der Waals surface area contributed by atoms with Crippen LogP contribution in [0.25, 0.3) is 0 Å². The van der Waals surface area contributed by atoms with E-state index in [-0.39, 0.29) is 17.0 Å². The zero-order valence-electron chi connectivity index (χ0n) is 16.3. The highest BCUT2D eigenvalue weighted by molar-refractivity contribution is 5.73. The predicted molar refractivity (Wildman–Crippen MR) is 102 cm³/mol. The second kappa shape index (κ2) is 7.92. The Kier molecular flexibility index (Phi) is 5.82. The Morgan fingerprint density at radius 1 is 1.35 bits per heavy atom. The topological polar surface area (TPSA) is 66.5 Å². The number of urea groups is 1. The normalized spacial score (nSPS) is 24.4. The molecule has 1 aliphatic heterocycles.